The van der Waals surface area contributed by atoms with Crippen molar-refractivity contribution in [3.63, 3.8) is 0 Å². The third-order valence-corrected chi connectivity index (χ3v) is 2.73. The van der Waals surface area contributed by atoms with Gasteiger partial charge >= 0.3 is 0 Å². The summed E-state index contributed by atoms with van der Waals surface area (Å²) >= 11 is 0. The van der Waals surface area contributed by atoms with Crippen LogP contribution in [-0.2, 0) is 11.3 Å². The van der Waals surface area contributed by atoms with Crippen molar-refractivity contribution in [3.05, 3.63) is 35.4 Å². The molecule has 0 saturated carbocycles. The second-order valence-electron chi connectivity index (χ2n) is 4.28. The largest absolute Gasteiger partial charge is 0.385 e. The second-order valence-corrected chi connectivity index (χ2v) is 4.28. The van der Waals surface area contributed by atoms with Gasteiger partial charge in [-0.1, -0.05) is 18.2 Å². The first-order valence-corrected chi connectivity index (χ1v) is 6.30. The summed E-state index contributed by atoms with van der Waals surface area (Å²) < 4.78 is 29.9. The van der Waals surface area contributed by atoms with E-state index in [1.807, 2.05) is 6.07 Å². The zero-order valence-electron chi connectivity index (χ0n) is 10.8. The molecule has 0 fully saturated rings. The van der Waals surface area contributed by atoms with Crippen molar-refractivity contribution >= 4 is 0 Å². The zero-order valence-corrected chi connectivity index (χ0v) is 10.8. The average Bonchev–Trinajstić information content (AvgIpc) is 2.38. The van der Waals surface area contributed by atoms with E-state index in [0.717, 1.165) is 38.0 Å². The fraction of sp³-hybridized carbons (Fsp3) is 0.571. The first kappa shape index (κ1) is 15.1. The fourth-order valence-corrected chi connectivity index (χ4v) is 1.74. The average molecular weight is 257 g/mol. The van der Waals surface area contributed by atoms with Gasteiger partial charge in [-0.25, -0.2) is 8.78 Å². The summed E-state index contributed by atoms with van der Waals surface area (Å²) in [7, 11) is 1.70. The lowest BCUT2D eigenvalue weighted by atomic mass is 10.1. The smallest absolute Gasteiger partial charge is 0.263 e. The summed E-state index contributed by atoms with van der Waals surface area (Å²) in [6.45, 7) is 2.35. The number of unbranched alkanes of at least 4 members (excludes halogenated alkanes) is 2. The number of alkyl halides is 2. The van der Waals surface area contributed by atoms with Crippen LogP contribution in [0.1, 0.15) is 36.8 Å². The van der Waals surface area contributed by atoms with Gasteiger partial charge in [0.25, 0.3) is 6.43 Å². The number of hydrogen-bond acceptors (Lipinski definition) is 2. The molecule has 0 radical (unpaired) electrons. The lowest BCUT2D eigenvalue weighted by Crippen LogP contribution is -2.14. The second kappa shape index (κ2) is 9.00. The van der Waals surface area contributed by atoms with Crippen LogP contribution < -0.4 is 5.32 Å². The van der Waals surface area contributed by atoms with Gasteiger partial charge in [0, 0.05) is 25.8 Å². The molecule has 1 aromatic rings. The van der Waals surface area contributed by atoms with Crippen molar-refractivity contribution < 1.29 is 13.5 Å². The number of methoxy groups -OCH3 is 1. The van der Waals surface area contributed by atoms with Crippen LogP contribution in [0.25, 0.3) is 0 Å². The molecule has 0 amide bonds. The molecular formula is C14H21F2NO. The summed E-state index contributed by atoms with van der Waals surface area (Å²) in [5.41, 5.74) is 0.999. The van der Waals surface area contributed by atoms with Gasteiger partial charge in [-0.05, 0) is 37.4 Å². The molecule has 0 spiro atoms. The van der Waals surface area contributed by atoms with Crippen molar-refractivity contribution in [1.82, 2.24) is 5.32 Å². The van der Waals surface area contributed by atoms with Crippen LogP contribution in [0.3, 0.4) is 0 Å². The highest BCUT2D eigenvalue weighted by Crippen LogP contribution is 2.19. The van der Waals surface area contributed by atoms with Crippen LogP contribution in [0.4, 0.5) is 8.78 Å². The van der Waals surface area contributed by atoms with Crippen molar-refractivity contribution in [2.75, 3.05) is 20.3 Å². The summed E-state index contributed by atoms with van der Waals surface area (Å²) in [5, 5.41) is 3.26. The highest BCUT2D eigenvalue weighted by atomic mass is 19.3. The lowest BCUT2D eigenvalue weighted by Gasteiger charge is -2.07. The highest BCUT2D eigenvalue weighted by Gasteiger charge is 2.06. The molecule has 1 N–H and O–H groups in total. The lowest BCUT2D eigenvalue weighted by molar-refractivity contribution is 0.151. The first-order chi connectivity index (χ1) is 8.74. The third-order valence-electron chi connectivity index (χ3n) is 2.73. The van der Waals surface area contributed by atoms with Crippen molar-refractivity contribution in [1.29, 1.82) is 0 Å². The van der Waals surface area contributed by atoms with Crippen LogP contribution in [0.2, 0.25) is 0 Å². The maximum Gasteiger partial charge on any atom is 0.263 e. The minimum Gasteiger partial charge on any atom is -0.385 e. The van der Waals surface area contributed by atoms with Gasteiger partial charge in [-0.2, -0.15) is 0 Å². The van der Waals surface area contributed by atoms with Crippen molar-refractivity contribution in [2.24, 2.45) is 0 Å². The van der Waals surface area contributed by atoms with Gasteiger partial charge in [0.15, 0.2) is 0 Å². The Morgan fingerprint density at radius 1 is 1.22 bits per heavy atom. The van der Waals surface area contributed by atoms with Crippen molar-refractivity contribution in [3.8, 4) is 0 Å². The SMILES string of the molecule is COCCCCCNCc1cccc(C(F)F)c1. The highest BCUT2D eigenvalue weighted by molar-refractivity contribution is 5.24. The van der Waals surface area contributed by atoms with E-state index in [2.05, 4.69) is 5.32 Å². The van der Waals surface area contributed by atoms with Crippen LogP contribution in [0, 0.1) is 0 Å². The number of nitrogens with one attached hydrogen (secondary N) is 1. The quantitative estimate of drug-likeness (QED) is 0.683. The van der Waals surface area contributed by atoms with Crippen LogP contribution in [0.15, 0.2) is 24.3 Å². The topological polar surface area (TPSA) is 21.3 Å². The summed E-state index contributed by atoms with van der Waals surface area (Å²) in [6, 6.07) is 6.56. The van der Waals surface area contributed by atoms with Crippen molar-refractivity contribution in [2.45, 2.75) is 32.2 Å². The predicted octanol–water partition coefficient (Wildman–Crippen LogP) is 3.53. The van der Waals surface area contributed by atoms with E-state index in [0.29, 0.717) is 6.54 Å². The van der Waals surface area contributed by atoms with E-state index in [4.69, 9.17) is 4.74 Å². The molecule has 0 atom stereocenters. The van der Waals surface area contributed by atoms with Crippen LogP contribution in [-0.4, -0.2) is 20.3 Å². The van der Waals surface area contributed by atoms with Gasteiger partial charge in [0.2, 0.25) is 0 Å². The molecule has 2 nitrogen and oxygen atoms in total. The Morgan fingerprint density at radius 3 is 2.78 bits per heavy atom. The first-order valence-electron chi connectivity index (χ1n) is 6.30. The minimum absolute atomic E-state index is 0.0920. The Bertz CT molecular complexity index is 331. The molecule has 0 unspecified atom stereocenters. The van der Waals surface area contributed by atoms with Gasteiger partial charge in [-0.15, -0.1) is 0 Å². The third kappa shape index (κ3) is 6.07. The number of hydrogen-bond donors (Lipinski definition) is 1. The Morgan fingerprint density at radius 2 is 2.06 bits per heavy atom. The summed E-state index contributed by atoms with van der Waals surface area (Å²) in [4.78, 5) is 0. The van der Waals surface area contributed by atoms with E-state index in [1.165, 1.54) is 6.07 Å². The summed E-state index contributed by atoms with van der Waals surface area (Å²) in [6.07, 6.45) is 0.883. The molecule has 1 rings (SSSR count). The zero-order chi connectivity index (χ0) is 13.2. The Kier molecular flexibility index (Phi) is 7.53. The Labute approximate surface area is 107 Å². The maximum atomic E-state index is 12.5. The number of ether oxygens (including phenoxy) is 1. The van der Waals surface area contributed by atoms with Gasteiger partial charge < -0.3 is 10.1 Å². The Hall–Kier alpha value is -1.00. The number of halogens is 2. The van der Waals surface area contributed by atoms with Crippen LogP contribution in [0.5, 0.6) is 0 Å². The minimum atomic E-state index is -2.39. The molecule has 0 heterocycles. The van der Waals surface area contributed by atoms with E-state index in [1.54, 1.807) is 19.2 Å². The molecule has 0 aliphatic heterocycles. The monoisotopic (exact) mass is 257 g/mol. The normalized spacial score (nSPS) is 11.1. The molecule has 4 heteroatoms. The number of rotatable bonds is 9. The maximum absolute atomic E-state index is 12.5. The molecule has 1 aromatic carbocycles. The standard InChI is InChI=1S/C14H21F2NO/c1-18-9-4-2-3-8-17-11-12-6-5-7-13(10-12)14(15)16/h5-7,10,14,17H,2-4,8-9,11H2,1H3. The molecule has 0 aromatic heterocycles. The Balaban J connectivity index is 2.17. The summed E-state index contributed by atoms with van der Waals surface area (Å²) in [5.74, 6) is 0. The van der Waals surface area contributed by atoms with E-state index in [9.17, 15) is 8.78 Å². The van der Waals surface area contributed by atoms with Crippen LogP contribution >= 0.6 is 0 Å². The van der Waals surface area contributed by atoms with Gasteiger partial charge in [0.1, 0.15) is 0 Å². The van der Waals surface area contributed by atoms with E-state index < -0.39 is 6.43 Å². The molecular weight excluding hydrogens is 236 g/mol. The molecule has 0 aliphatic rings. The fourth-order valence-electron chi connectivity index (χ4n) is 1.74. The van der Waals surface area contributed by atoms with Gasteiger partial charge in [0.05, 0.1) is 0 Å². The molecule has 0 aliphatic carbocycles. The molecule has 18 heavy (non-hydrogen) atoms. The van der Waals surface area contributed by atoms with E-state index in [-0.39, 0.29) is 5.56 Å². The number of benzene rings is 1. The molecule has 0 saturated heterocycles. The molecule has 102 valence electrons. The molecule has 0 bridgehead atoms. The predicted molar refractivity (Wildman–Crippen MR) is 68.8 cm³/mol. The van der Waals surface area contributed by atoms with E-state index >= 15 is 0 Å². The van der Waals surface area contributed by atoms with Gasteiger partial charge in [-0.3, -0.25) is 0 Å².